The molecule has 0 fully saturated rings. The van der Waals surface area contributed by atoms with Gasteiger partial charge in [0.15, 0.2) is 0 Å². The van der Waals surface area contributed by atoms with E-state index in [0.717, 1.165) is 12.2 Å². The van der Waals surface area contributed by atoms with Crippen molar-refractivity contribution in [3.05, 3.63) is 42.5 Å². The van der Waals surface area contributed by atoms with Gasteiger partial charge in [0.1, 0.15) is 0 Å². The van der Waals surface area contributed by atoms with Crippen molar-refractivity contribution in [3.8, 4) is 11.3 Å². The standard InChI is InChI=1S/C15H18N4/c1-16-8-14-15(17-10-19(14)3)12-9-18(2)13-7-5-4-6-11(12)13/h4-7,9-10,16H,8H2,1-3H3. The lowest BCUT2D eigenvalue weighted by Crippen LogP contribution is -2.09. The van der Waals surface area contributed by atoms with Crippen molar-refractivity contribution in [2.75, 3.05) is 7.05 Å². The van der Waals surface area contributed by atoms with Crippen molar-refractivity contribution in [2.24, 2.45) is 14.1 Å². The molecule has 19 heavy (non-hydrogen) atoms. The number of hydrogen-bond donors (Lipinski definition) is 1. The number of aryl methyl sites for hydroxylation is 2. The van der Waals surface area contributed by atoms with E-state index in [4.69, 9.17) is 0 Å². The van der Waals surface area contributed by atoms with Gasteiger partial charge in [-0.25, -0.2) is 4.98 Å². The van der Waals surface area contributed by atoms with Gasteiger partial charge in [-0.05, 0) is 13.1 Å². The quantitative estimate of drug-likeness (QED) is 0.778. The van der Waals surface area contributed by atoms with Crippen LogP contribution in [0, 0.1) is 0 Å². The van der Waals surface area contributed by atoms with E-state index >= 15 is 0 Å². The predicted octanol–water partition coefficient (Wildman–Crippen LogP) is 2.30. The highest BCUT2D eigenvalue weighted by molar-refractivity contribution is 5.95. The van der Waals surface area contributed by atoms with E-state index in [1.807, 2.05) is 20.4 Å². The summed E-state index contributed by atoms with van der Waals surface area (Å²) in [6.07, 6.45) is 4.04. The number of para-hydroxylation sites is 1. The number of nitrogens with zero attached hydrogens (tertiary/aromatic N) is 3. The highest BCUT2D eigenvalue weighted by atomic mass is 15.1. The average molecular weight is 254 g/mol. The smallest absolute Gasteiger partial charge is 0.0953 e. The van der Waals surface area contributed by atoms with E-state index in [2.05, 4.69) is 56.9 Å². The average Bonchev–Trinajstić information content (AvgIpc) is 2.93. The number of benzene rings is 1. The van der Waals surface area contributed by atoms with Crippen LogP contribution in [-0.2, 0) is 20.6 Å². The molecule has 4 heteroatoms. The molecule has 98 valence electrons. The Bertz CT molecular complexity index is 721. The minimum Gasteiger partial charge on any atom is -0.350 e. The van der Waals surface area contributed by atoms with E-state index in [-0.39, 0.29) is 0 Å². The summed E-state index contributed by atoms with van der Waals surface area (Å²) in [5, 5.41) is 4.46. The maximum Gasteiger partial charge on any atom is 0.0953 e. The van der Waals surface area contributed by atoms with Crippen molar-refractivity contribution in [2.45, 2.75) is 6.54 Å². The van der Waals surface area contributed by atoms with Crippen LogP contribution in [0.1, 0.15) is 5.69 Å². The summed E-state index contributed by atoms with van der Waals surface area (Å²) < 4.78 is 4.23. The topological polar surface area (TPSA) is 34.8 Å². The van der Waals surface area contributed by atoms with Crippen molar-refractivity contribution in [1.29, 1.82) is 0 Å². The van der Waals surface area contributed by atoms with Crippen LogP contribution in [0.4, 0.5) is 0 Å². The molecule has 0 aliphatic heterocycles. The zero-order valence-corrected chi connectivity index (χ0v) is 11.5. The van der Waals surface area contributed by atoms with Gasteiger partial charge in [0.25, 0.3) is 0 Å². The summed E-state index contributed by atoms with van der Waals surface area (Å²) in [6, 6.07) is 8.44. The molecule has 2 aromatic heterocycles. The Morgan fingerprint density at radius 2 is 1.95 bits per heavy atom. The zero-order chi connectivity index (χ0) is 13.4. The van der Waals surface area contributed by atoms with Gasteiger partial charge in [0.05, 0.1) is 17.7 Å². The molecule has 0 bridgehead atoms. The van der Waals surface area contributed by atoms with Gasteiger partial charge in [-0.15, -0.1) is 0 Å². The maximum atomic E-state index is 4.58. The van der Waals surface area contributed by atoms with Gasteiger partial charge in [-0.2, -0.15) is 0 Å². The van der Waals surface area contributed by atoms with Crippen LogP contribution in [0.15, 0.2) is 36.8 Å². The summed E-state index contributed by atoms with van der Waals surface area (Å²) in [5.41, 5.74) is 4.70. The summed E-state index contributed by atoms with van der Waals surface area (Å²) >= 11 is 0. The molecule has 0 radical (unpaired) electrons. The largest absolute Gasteiger partial charge is 0.350 e. The second-order valence-corrected chi connectivity index (χ2v) is 4.85. The van der Waals surface area contributed by atoms with E-state index in [0.29, 0.717) is 0 Å². The fraction of sp³-hybridized carbons (Fsp3) is 0.267. The first kappa shape index (κ1) is 12.0. The number of rotatable bonds is 3. The first-order valence-electron chi connectivity index (χ1n) is 6.41. The Kier molecular flexibility index (Phi) is 2.87. The Morgan fingerprint density at radius 1 is 1.16 bits per heavy atom. The highest BCUT2D eigenvalue weighted by Crippen LogP contribution is 2.31. The van der Waals surface area contributed by atoms with Gasteiger partial charge in [-0.3, -0.25) is 0 Å². The van der Waals surface area contributed by atoms with Gasteiger partial charge < -0.3 is 14.5 Å². The molecule has 0 atom stereocenters. The van der Waals surface area contributed by atoms with E-state index in [1.165, 1.54) is 22.2 Å². The van der Waals surface area contributed by atoms with Crippen molar-refractivity contribution < 1.29 is 0 Å². The Balaban J connectivity index is 2.25. The van der Waals surface area contributed by atoms with Crippen LogP contribution in [0.2, 0.25) is 0 Å². The molecule has 3 rings (SSSR count). The summed E-state index contributed by atoms with van der Waals surface area (Å²) in [7, 11) is 6.07. The monoisotopic (exact) mass is 254 g/mol. The molecule has 0 saturated carbocycles. The third-order valence-electron chi connectivity index (χ3n) is 3.56. The molecule has 2 heterocycles. The third-order valence-corrected chi connectivity index (χ3v) is 3.56. The van der Waals surface area contributed by atoms with Gasteiger partial charge in [0, 0.05) is 43.3 Å². The van der Waals surface area contributed by atoms with Crippen LogP contribution in [0.3, 0.4) is 0 Å². The minimum atomic E-state index is 0.815. The zero-order valence-electron chi connectivity index (χ0n) is 11.5. The number of nitrogens with one attached hydrogen (secondary N) is 1. The second-order valence-electron chi connectivity index (χ2n) is 4.85. The summed E-state index contributed by atoms with van der Waals surface area (Å²) in [5.74, 6) is 0. The molecule has 4 nitrogen and oxygen atoms in total. The van der Waals surface area contributed by atoms with Gasteiger partial charge in [0.2, 0.25) is 0 Å². The fourth-order valence-electron chi connectivity index (χ4n) is 2.59. The predicted molar refractivity (Wildman–Crippen MR) is 77.9 cm³/mol. The van der Waals surface area contributed by atoms with Crippen molar-refractivity contribution in [3.63, 3.8) is 0 Å². The van der Waals surface area contributed by atoms with Gasteiger partial charge in [-0.1, -0.05) is 18.2 Å². The third kappa shape index (κ3) is 1.85. The summed E-state index contributed by atoms with van der Waals surface area (Å²) in [4.78, 5) is 4.58. The van der Waals surface area contributed by atoms with E-state index in [1.54, 1.807) is 0 Å². The number of fused-ring (bicyclic) bond motifs is 1. The lowest BCUT2D eigenvalue weighted by molar-refractivity contribution is 0.735. The number of aromatic nitrogens is 3. The van der Waals surface area contributed by atoms with Crippen molar-refractivity contribution in [1.82, 2.24) is 19.4 Å². The van der Waals surface area contributed by atoms with Crippen LogP contribution in [-0.4, -0.2) is 21.2 Å². The second kappa shape index (κ2) is 4.55. The maximum absolute atomic E-state index is 4.58. The molecule has 1 aromatic carbocycles. The van der Waals surface area contributed by atoms with Crippen LogP contribution in [0.25, 0.3) is 22.2 Å². The number of hydrogen-bond acceptors (Lipinski definition) is 2. The van der Waals surface area contributed by atoms with Crippen LogP contribution >= 0.6 is 0 Å². The van der Waals surface area contributed by atoms with Crippen molar-refractivity contribution >= 4 is 10.9 Å². The molecule has 0 unspecified atom stereocenters. The molecule has 0 spiro atoms. The first-order chi connectivity index (χ1) is 9.22. The van der Waals surface area contributed by atoms with Crippen LogP contribution < -0.4 is 5.32 Å². The fourth-order valence-corrected chi connectivity index (χ4v) is 2.59. The molecule has 3 aromatic rings. The minimum absolute atomic E-state index is 0.815. The number of imidazole rings is 1. The highest BCUT2D eigenvalue weighted by Gasteiger charge is 2.15. The lowest BCUT2D eigenvalue weighted by atomic mass is 10.1. The normalized spacial score (nSPS) is 11.3. The Labute approximate surface area is 112 Å². The molecule has 1 N–H and O–H groups in total. The molecule has 0 aliphatic rings. The van der Waals surface area contributed by atoms with E-state index < -0.39 is 0 Å². The molecule has 0 aliphatic carbocycles. The Morgan fingerprint density at radius 3 is 2.74 bits per heavy atom. The molecular weight excluding hydrogens is 236 g/mol. The molecule has 0 amide bonds. The van der Waals surface area contributed by atoms with Crippen LogP contribution in [0.5, 0.6) is 0 Å². The summed E-state index contributed by atoms with van der Waals surface area (Å²) in [6.45, 7) is 0.815. The lowest BCUT2D eigenvalue weighted by Gasteiger charge is -2.04. The Hall–Kier alpha value is -2.07. The molecular formula is C15H18N4. The van der Waals surface area contributed by atoms with Gasteiger partial charge >= 0.3 is 0 Å². The first-order valence-corrected chi connectivity index (χ1v) is 6.41. The van der Waals surface area contributed by atoms with E-state index in [9.17, 15) is 0 Å². The SMILES string of the molecule is CNCc1c(-c2cn(C)c3ccccc23)ncn1C. The molecule has 0 saturated heterocycles.